The Kier molecular flexibility index (Phi) is 6.07. The van der Waals surface area contributed by atoms with Crippen LogP contribution in [-0.4, -0.2) is 46.7 Å². The summed E-state index contributed by atoms with van der Waals surface area (Å²) < 4.78 is 0. The first kappa shape index (κ1) is 21.0. The van der Waals surface area contributed by atoms with E-state index in [4.69, 9.17) is 0 Å². The summed E-state index contributed by atoms with van der Waals surface area (Å²) in [6.45, 7) is 7.73. The number of urea groups is 1. The molecule has 1 aromatic heterocycles. The molecule has 0 aliphatic carbocycles. The lowest BCUT2D eigenvalue weighted by molar-refractivity contribution is -0.133. The van der Waals surface area contributed by atoms with E-state index in [2.05, 4.69) is 10.4 Å². The summed E-state index contributed by atoms with van der Waals surface area (Å²) >= 11 is 1.62. The van der Waals surface area contributed by atoms with Crippen molar-refractivity contribution in [2.75, 3.05) is 13.6 Å². The SMILES string of the molecule is Cc1ccc(C2CC(c3cccs3)=NN2C(=O)CN(C)C(=O)NC(C)(C)C)cc1. The maximum atomic E-state index is 13.1. The van der Waals surface area contributed by atoms with Gasteiger partial charge in [0.2, 0.25) is 0 Å². The third kappa shape index (κ3) is 5.23. The van der Waals surface area contributed by atoms with E-state index in [0.29, 0.717) is 6.42 Å². The number of aryl methyl sites for hydroxylation is 1. The Morgan fingerprint density at radius 3 is 2.52 bits per heavy atom. The Bertz CT molecular complexity index is 898. The van der Waals surface area contributed by atoms with Crippen LogP contribution in [0.3, 0.4) is 0 Å². The minimum atomic E-state index is -0.364. The molecule has 7 heteroatoms. The van der Waals surface area contributed by atoms with Crippen LogP contribution in [0.5, 0.6) is 0 Å². The third-order valence-electron chi connectivity index (χ3n) is 4.63. The van der Waals surface area contributed by atoms with E-state index in [9.17, 15) is 9.59 Å². The summed E-state index contributed by atoms with van der Waals surface area (Å²) in [7, 11) is 1.62. The number of nitrogens with zero attached hydrogens (tertiary/aromatic N) is 3. The van der Waals surface area contributed by atoms with E-state index >= 15 is 0 Å². The first-order valence-corrected chi connectivity index (χ1v) is 10.6. The fourth-order valence-electron chi connectivity index (χ4n) is 3.14. The zero-order valence-electron chi connectivity index (χ0n) is 17.6. The summed E-state index contributed by atoms with van der Waals surface area (Å²) in [6.07, 6.45) is 0.660. The van der Waals surface area contributed by atoms with Crippen LogP contribution in [0.25, 0.3) is 0 Å². The van der Waals surface area contributed by atoms with Gasteiger partial charge >= 0.3 is 6.03 Å². The van der Waals surface area contributed by atoms with E-state index < -0.39 is 0 Å². The predicted molar refractivity (Wildman–Crippen MR) is 117 cm³/mol. The predicted octanol–water partition coefficient (Wildman–Crippen LogP) is 4.17. The van der Waals surface area contributed by atoms with Gasteiger partial charge in [0, 0.05) is 19.0 Å². The normalized spacial score (nSPS) is 16.5. The minimum Gasteiger partial charge on any atom is -0.333 e. The van der Waals surface area contributed by atoms with E-state index in [-0.39, 0.29) is 30.1 Å². The molecule has 1 aromatic carbocycles. The highest BCUT2D eigenvalue weighted by Crippen LogP contribution is 2.34. The molecule has 3 rings (SSSR count). The molecule has 2 heterocycles. The number of thiophene rings is 1. The fourth-order valence-corrected chi connectivity index (χ4v) is 3.86. The summed E-state index contributed by atoms with van der Waals surface area (Å²) in [4.78, 5) is 27.9. The molecule has 1 aliphatic heterocycles. The van der Waals surface area contributed by atoms with Crippen molar-refractivity contribution in [2.24, 2.45) is 5.10 Å². The number of amides is 3. The number of carbonyl (C=O) groups excluding carboxylic acids is 2. The van der Waals surface area contributed by atoms with Gasteiger partial charge in [0.1, 0.15) is 6.54 Å². The average molecular weight is 413 g/mol. The van der Waals surface area contributed by atoms with Gasteiger partial charge in [0.05, 0.1) is 16.6 Å². The maximum Gasteiger partial charge on any atom is 0.318 e. The van der Waals surface area contributed by atoms with Gasteiger partial charge in [-0.2, -0.15) is 5.10 Å². The molecule has 0 fully saturated rings. The number of hydrazone groups is 1. The topological polar surface area (TPSA) is 65.0 Å². The van der Waals surface area contributed by atoms with Crippen molar-refractivity contribution in [1.29, 1.82) is 0 Å². The van der Waals surface area contributed by atoms with Crippen LogP contribution in [0.4, 0.5) is 4.79 Å². The van der Waals surface area contributed by atoms with E-state index in [0.717, 1.165) is 16.2 Å². The van der Waals surface area contributed by atoms with Gasteiger partial charge < -0.3 is 10.2 Å². The lowest BCUT2D eigenvalue weighted by Crippen LogP contribution is -2.49. The highest BCUT2D eigenvalue weighted by Gasteiger charge is 2.34. The molecule has 1 unspecified atom stereocenters. The Labute approximate surface area is 176 Å². The molecule has 0 saturated carbocycles. The molecule has 154 valence electrons. The van der Waals surface area contributed by atoms with Crippen molar-refractivity contribution in [3.8, 4) is 0 Å². The van der Waals surface area contributed by atoms with Crippen molar-refractivity contribution < 1.29 is 9.59 Å². The number of hydrogen-bond acceptors (Lipinski definition) is 4. The van der Waals surface area contributed by atoms with Crippen LogP contribution < -0.4 is 5.32 Å². The summed E-state index contributed by atoms with van der Waals surface area (Å²) in [6, 6.07) is 11.7. The summed E-state index contributed by atoms with van der Waals surface area (Å²) in [5, 5.41) is 11.1. The van der Waals surface area contributed by atoms with Crippen LogP contribution in [0.15, 0.2) is 46.9 Å². The van der Waals surface area contributed by atoms with Crippen LogP contribution in [0.2, 0.25) is 0 Å². The first-order chi connectivity index (χ1) is 13.6. The smallest absolute Gasteiger partial charge is 0.318 e. The molecular weight excluding hydrogens is 384 g/mol. The van der Waals surface area contributed by atoms with Crippen molar-refractivity contribution in [1.82, 2.24) is 15.2 Å². The Balaban J connectivity index is 1.80. The van der Waals surface area contributed by atoms with Gasteiger partial charge in [-0.1, -0.05) is 35.9 Å². The second kappa shape index (κ2) is 8.37. The van der Waals surface area contributed by atoms with Crippen LogP contribution in [0.1, 0.15) is 49.2 Å². The lowest BCUT2D eigenvalue weighted by Gasteiger charge is -2.27. The van der Waals surface area contributed by atoms with Crippen molar-refractivity contribution >= 4 is 29.0 Å². The molecule has 0 bridgehead atoms. The molecule has 0 saturated heterocycles. The molecule has 6 nitrogen and oxygen atoms in total. The Morgan fingerprint density at radius 2 is 1.93 bits per heavy atom. The molecule has 1 atom stereocenters. The van der Waals surface area contributed by atoms with E-state index in [1.165, 1.54) is 10.5 Å². The molecule has 3 amide bonds. The zero-order chi connectivity index (χ0) is 21.2. The van der Waals surface area contributed by atoms with Gasteiger partial charge in [0.25, 0.3) is 5.91 Å². The average Bonchev–Trinajstić information content (AvgIpc) is 3.30. The third-order valence-corrected chi connectivity index (χ3v) is 5.55. The lowest BCUT2D eigenvalue weighted by atomic mass is 10.00. The van der Waals surface area contributed by atoms with Crippen molar-refractivity contribution in [3.63, 3.8) is 0 Å². The number of hydrogen-bond donors (Lipinski definition) is 1. The molecular formula is C22H28N4O2S. The Morgan fingerprint density at radius 1 is 1.24 bits per heavy atom. The second-order valence-electron chi connectivity index (χ2n) is 8.43. The van der Waals surface area contributed by atoms with Gasteiger partial charge in [-0.15, -0.1) is 11.3 Å². The standard InChI is InChI=1S/C22H28N4O2S/c1-15-8-10-16(11-9-15)18-13-17(19-7-6-12-29-19)24-26(18)20(27)14-25(5)21(28)23-22(2,3)4/h6-12,18H,13-14H2,1-5H3,(H,23,28). The van der Waals surface area contributed by atoms with Gasteiger partial charge in [0.15, 0.2) is 0 Å². The number of nitrogens with one attached hydrogen (secondary N) is 1. The molecule has 1 aliphatic rings. The second-order valence-corrected chi connectivity index (χ2v) is 9.38. The molecule has 0 spiro atoms. The number of rotatable bonds is 4. The van der Waals surface area contributed by atoms with Crippen LogP contribution in [-0.2, 0) is 4.79 Å². The van der Waals surface area contributed by atoms with E-state index in [1.54, 1.807) is 23.4 Å². The number of carbonyl (C=O) groups is 2. The Hall–Kier alpha value is -2.67. The maximum absolute atomic E-state index is 13.1. The van der Waals surface area contributed by atoms with Gasteiger partial charge in [-0.3, -0.25) is 4.79 Å². The quantitative estimate of drug-likeness (QED) is 0.819. The van der Waals surface area contributed by atoms with Gasteiger partial charge in [-0.05, 0) is 44.7 Å². The molecule has 0 radical (unpaired) electrons. The number of likely N-dealkylation sites (N-methyl/N-ethyl adjacent to an activating group) is 1. The minimum absolute atomic E-state index is 0.0362. The highest BCUT2D eigenvalue weighted by atomic mass is 32.1. The summed E-state index contributed by atoms with van der Waals surface area (Å²) in [5.41, 5.74) is 2.75. The zero-order valence-corrected chi connectivity index (χ0v) is 18.4. The van der Waals surface area contributed by atoms with Crippen LogP contribution in [0, 0.1) is 6.92 Å². The molecule has 29 heavy (non-hydrogen) atoms. The van der Waals surface area contributed by atoms with Crippen molar-refractivity contribution in [3.05, 3.63) is 57.8 Å². The number of benzene rings is 1. The largest absolute Gasteiger partial charge is 0.333 e. The fraction of sp³-hybridized carbons (Fsp3) is 0.409. The van der Waals surface area contributed by atoms with E-state index in [1.807, 2.05) is 69.5 Å². The highest BCUT2D eigenvalue weighted by molar-refractivity contribution is 7.12. The molecule has 2 aromatic rings. The van der Waals surface area contributed by atoms with Crippen LogP contribution >= 0.6 is 11.3 Å². The first-order valence-electron chi connectivity index (χ1n) is 9.67. The molecule has 1 N–H and O–H groups in total. The van der Waals surface area contributed by atoms with Crippen molar-refractivity contribution in [2.45, 2.75) is 45.7 Å². The summed E-state index contributed by atoms with van der Waals surface area (Å²) in [5.74, 6) is -0.200. The van der Waals surface area contributed by atoms with Gasteiger partial charge in [-0.25, -0.2) is 9.80 Å². The monoisotopic (exact) mass is 412 g/mol.